The van der Waals surface area contributed by atoms with Gasteiger partial charge in [0.25, 0.3) is 0 Å². The van der Waals surface area contributed by atoms with E-state index in [1.54, 1.807) is 0 Å². The summed E-state index contributed by atoms with van der Waals surface area (Å²) in [6.07, 6.45) is 0. The Kier molecular flexibility index (Phi) is 3.53. The summed E-state index contributed by atoms with van der Waals surface area (Å²) >= 11 is 0. The Labute approximate surface area is 71.7 Å². The van der Waals surface area contributed by atoms with Gasteiger partial charge in [0.05, 0.1) is 6.54 Å². The third kappa shape index (κ3) is 6.85. The summed E-state index contributed by atoms with van der Waals surface area (Å²) in [6, 6.07) is -0.388. The fraction of sp³-hybridized carbons (Fsp3) is 0.714. The molecule has 0 atom stereocenters. The summed E-state index contributed by atoms with van der Waals surface area (Å²) in [6.45, 7) is 5.40. The zero-order chi connectivity index (χ0) is 9.78. The van der Waals surface area contributed by atoms with Crippen LogP contribution in [0.15, 0.2) is 0 Å². The summed E-state index contributed by atoms with van der Waals surface area (Å²) < 4.78 is 0. The van der Waals surface area contributed by atoms with Crippen molar-refractivity contribution in [2.24, 2.45) is 5.73 Å². The van der Waals surface area contributed by atoms with E-state index in [0.29, 0.717) is 0 Å². The molecule has 5 heteroatoms. The summed E-state index contributed by atoms with van der Waals surface area (Å²) in [7, 11) is 0. The van der Waals surface area contributed by atoms with E-state index in [4.69, 9.17) is 5.73 Å². The van der Waals surface area contributed by atoms with Crippen molar-refractivity contribution >= 4 is 11.9 Å². The largest absolute Gasteiger partial charge is 0.368 e. The molecule has 0 heterocycles. The molecule has 0 rings (SSSR count). The Bertz CT molecular complexity index is 184. The first-order chi connectivity index (χ1) is 5.31. The van der Waals surface area contributed by atoms with Gasteiger partial charge in [0.15, 0.2) is 0 Å². The van der Waals surface area contributed by atoms with Crippen LogP contribution in [-0.4, -0.2) is 24.0 Å². The monoisotopic (exact) mass is 173 g/mol. The van der Waals surface area contributed by atoms with Crippen LogP contribution in [0.25, 0.3) is 0 Å². The molecule has 0 aliphatic carbocycles. The van der Waals surface area contributed by atoms with E-state index in [9.17, 15) is 9.59 Å². The van der Waals surface area contributed by atoms with Gasteiger partial charge in [0.1, 0.15) is 0 Å². The summed E-state index contributed by atoms with van der Waals surface area (Å²) in [5.41, 5.74) is 4.52. The Morgan fingerprint density at radius 3 is 2.17 bits per heavy atom. The highest BCUT2D eigenvalue weighted by Gasteiger charge is 2.12. The Morgan fingerprint density at radius 2 is 1.83 bits per heavy atom. The lowest BCUT2D eigenvalue weighted by atomic mass is 10.1. The van der Waals surface area contributed by atoms with Crippen molar-refractivity contribution in [3.05, 3.63) is 0 Å². The van der Waals surface area contributed by atoms with Crippen molar-refractivity contribution in [1.82, 2.24) is 10.6 Å². The standard InChI is InChI=1S/C7H15N3O2/c1-7(2,3)10-6(12)9-4-5(8)11/h4H2,1-3H3,(H2,8,11)(H2,9,10,12). The number of urea groups is 1. The first kappa shape index (κ1) is 10.7. The molecular formula is C7H15N3O2. The molecular weight excluding hydrogens is 158 g/mol. The Morgan fingerprint density at radius 1 is 1.33 bits per heavy atom. The van der Waals surface area contributed by atoms with Crippen LogP contribution in [0.5, 0.6) is 0 Å². The highest BCUT2D eigenvalue weighted by atomic mass is 16.2. The molecule has 5 nitrogen and oxygen atoms in total. The lowest BCUT2D eigenvalue weighted by Gasteiger charge is -2.20. The second kappa shape index (κ2) is 3.94. The van der Waals surface area contributed by atoms with E-state index < -0.39 is 5.91 Å². The quantitative estimate of drug-likeness (QED) is 0.529. The third-order valence-electron chi connectivity index (χ3n) is 0.912. The van der Waals surface area contributed by atoms with E-state index >= 15 is 0 Å². The normalized spacial score (nSPS) is 10.6. The molecule has 0 fully saturated rings. The van der Waals surface area contributed by atoms with Crippen LogP contribution in [-0.2, 0) is 4.79 Å². The van der Waals surface area contributed by atoms with Gasteiger partial charge in [-0.05, 0) is 20.8 Å². The topological polar surface area (TPSA) is 84.2 Å². The minimum atomic E-state index is -0.556. The minimum absolute atomic E-state index is 0.137. The van der Waals surface area contributed by atoms with Gasteiger partial charge in [-0.25, -0.2) is 4.79 Å². The second-order valence-corrected chi connectivity index (χ2v) is 3.52. The first-order valence-electron chi connectivity index (χ1n) is 3.65. The number of carbonyl (C=O) groups excluding carboxylic acids is 2. The van der Waals surface area contributed by atoms with Crippen LogP contribution in [0.4, 0.5) is 4.79 Å². The van der Waals surface area contributed by atoms with Gasteiger partial charge >= 0.3 is 6.03 Å². The van der Waals surface area contributed by atoms with Crippen LogP contribution in [0, 0.1) is 0 Å². The van der Waals surface area contributed by atoms with E-state index in [0.717, 1.165) is 0 Å². The van der Waals surface area contributed by atoms with Crippen molar-refractivity contribution in [1.29, 1.82) is 0 Å². The SMILES string of the molecule is CC(C)(C)NC(=O)NCC(N)=O. The van der Waals surface area contributed by atoms with E-state index in [1.165, 1.54) is 0 Å². The van der Waals surface area contributed by atoms with Crippen LogP contribution >= 0.6 is 0 Å². The average Bonchev–Trinajstić information content (AvgIpc) is 1.79. The molecule has 0 bridgehead atoms. The van der Waals surface area contributed by atoms with Crippen LogP contribution in [0.1, 0.15) is 20.8 Å². The lowest BCUT2D eigenvalue weighted by Crippen LogP contribution is -2.48. The molecule has 3 amide bonds. The maximum Gasteiger partial charge on any atom is 0.315 e. The van der Waals surface area contributed by atoms with Gasteiger partial charge in [-0.3, -0.25) is 4.79 Å². The van der Waals surface area contributed by atoms with Gasteiger partial charge in [-0.1, -0.05) is 0 Å². The van der Waals surface area contributed by atoms with Crippen LogP contribution in [0.3, 0.4) is 0 Å². The predicted molar refractivity (Wildman–Crippen MR) is 45.5 cm³/mol. The molecule has 70 valence electrons. The lowest BCUT2D eigenvalue weighted by molar-refractivity contribution is -0.117. The van der Waals surface area contributed by atoms with E-state index in [1.807, 2.05) is 20.8 Å². The molecule has 0 radical (unpaired) electrons. The molecule has 0 saturated carbocycles. The summed E-state index contributed by atoms with van der Waals surface area (Å²) in [5, 5.41) is 4.93. The molecule has 0 aromatic carbocycles. The van der Waals surface area contributed by atoms with Crippen molar-refractivity contribution in [2.75, 3.05) is 6.54 Å². The molecule has 0 aromatic heterocycles. The molecule has 0 aromatic rings. The smallest absolute Gasteiger partial charge is 0.315 e. The Balaban J connectivity index is 3.68. The molecule has 4 N–H and O–H groups in total. The van der Waals surface area contributed by atoms with Crippen LogP contribution in [0.2, 0.25) is 0 Å². The van der Waals surface area contributed by atoms with Crippen molar-refractivity contribution < 1.29 is 9.59 Å². The molecule has 0 aliphatic heterocycles. The average molecular weight is 173 g/mol. The van der Waals surface area contributed by atoms with Gasteiger partial charge in [0, 0.05) is 5.54 Å². The van der Waals surface area contributed by atoms with Crippen molar-refractivity contribution in [3.63, 3.8) is 0 Å². The minimum Gasteiger partial charge on any atom is -0.368 e. The second-order valence-electron chi connectivity index (χ2n) is 3.52. The highest BCUT2D eigenvalue weighted by Crippen LogP contribution is 1.96. The van der Waals surface area contributed by atoms with E-state index in [2.05, 4.69) is 10.6 Å². The van der Waals surface area contributed by atoms with E-state index in [-0.39, 0.29) is 18.1 Å². The number of amides is 3. The number of rotatable bonds is 2. The third-order valence-corrected chi connectivity index (χ3v) is 0.912. The zero-order valence-corrected chi connectivity index (χ0v) is 7.60. The van der Waals surface area contributed by atoms with Gasteiger partial charge < -0.3 is 16.4 Å². The van der Waals surface area contributed by atoms with Gasteiger partial charge in [-0.2, -0.15) is 0 Å². The molecule has 0 saturated heterocycles. The number of carbonyl (C=O) groups is 2. The summed E-state index contributed by atoms with van der Waals surface area (Å²) in [5.74, 6) is -0.556. The fourth-order valence-corrected chi connectivity index (χ4v) is 0.552. The molecule has 0 spiro atoms. The highest BCUT2D eigenvalue weighted by molar-refractivity contribution is 5.82. The van der Waals surface area contributed by atoms with Gasteiger partial charge in [-0.15, -0.1) is 0 Å². The maximum absolute atomic E-state index is 10.9. The number of nitrogens with one attached hydrogen (secondary N) is 2. The number of hydrogen-bond donors (Lipinski definition) is 3. The van der Waals surface area contributed by atoms with Crippen molar-refractivity contribution in [2.45, 2.75) is 26.3 Å². The number of nitrogens with two attached hydrogens (primary N) is 1. The Hall–Kier alpha value is -1.26. The number of hydrogen-bond acceptors (Lipinski definition) is 2. The van der Waals surface area contributed by atoms with Crippen molar-refractivity contribution in [3.8, 4) is 0 Å². The first-order valence-corrected chi connectivity index (χ1v) is 3.65. The molecule has 0 unspecified atom stereocenters. The fourth-order valence-electron chi connectivity index (χ4n) is 0.552. The molecule has 0 aliphatic rings. The number of primary amides is 1. The summed E-state index contributed by atoms with van der Waals surface area (Å²) in [4.78, 5) is 21.2. The molecule has 12 heavy (non-hydrogen) atoms. The maximum atomic E-state index is 10.9. The predicted octanol–water partition coefficient (Wildman–Crippen LogP) is -0.431. The van der Waals surface area contributed by atoms with Crippen LogP contribution < -0.4 is 16.4 Å². The zero-order valence-electron chi connectivity index (χ0n) is 7.60. The van der Waals surface area contributed by atoms with Gasteiger partial charge in [0.2, 0.25) is 5.91 Å².